The van der Waals surface area contributed by atoms with Crippen molar-refractivity contribution >= 4 is 18.0 Å². The maximum atomic E-state index is 12.4. The van der Waals surface area contributed by atoms with Gasteiger partial charge in [-0.3, -0.25) is 4.79 Å². The Bertz CT molecular complexity index is 980. The summed E-state index contributed by atoms with van der Waals surface area (Å²) >= 11 is 0. The van der Waals surface area contributed by atoms with Gasteiger partial charge in [-0.25, -0.2) is 9.59 Å². The molecule has 0 saturated carbocycles. The van der Waals surface area contributed by atoms with Crippen LogP contribution in [0.25, 0.3) is 11.1 Å². The van der Waals surface area contributed by atoms with E-state index in [2.05, 4.69) is 17.4 Å². The summed E-state index contributed by atoms with van der Waals surface area (Å²) in [5, 5.41) is 12.0. The number of hydrogen-bond acceptors (Lipinski definition) is 5. The Morgan fingerprint density at radius 1 is 0.941 bits per heavy atom. The first-order valence-electron chi connectivity index (χ1n) is 11.7. The van der Waals surface area contributed by atoms with Gasteiger partial charge in [-0.05, 0) is 55.9 Å². The highest BCUT2D eigenvalue weighted by atomic mass is 16.6. The Hall–Kier alpha value is -3.35. The maximum absolute atomic E-state index is 12.4. The molecule has 7 nitrogen and oxygen atoms in total. The molecule has 0 aromatic heterocycles. The lowest BCUT2D eigenvalue weighted by Crippen LogP contribution is -2.41. The van der Waals surface area contributed by atoms with Gasteiger partial charge in [-0.15, -0.1) is 0 Å². The van der Waals surface area contributed by atoms with E-state index in [4.69, 9.17) is 9.47 Å². The molecule has 1 atom stereocenters. The minimum absolute atomic E-state index is 0.0886. The molecule has 2 N–H and O–H groups in total. The molecule has 2 aromatic rings. The van der Waals surface area contributed by atoms with E-state index < -0.39 is 23.7 Å². The minimum Gasteiger partial charge on any atom is -0.480 e. The molecule has 1 aliphatic rings. The van der Waals surface area contributed by atoms with Crippen LogP contribution in [0.4, 0.5) is 4.79 Å². The second-order valence-corrected chi connectivity index (χ2v) is 9.55. The molecular formula is C27H33NO6. The summed E-state index contributed by atoms with van der Waals surface area (Å²) in [5.74, 6) is -1.46. The van der Waals surface area contributed by atoms with Crippen LogP contribution in [-0.4, -0.2) is 41.4 Å². The largest absolute Gasteiger partial charge is 0.480 e. The number of carbonyl (C=O) groups is 3. The van der Waals surface area contributed by atoms with Gasteiger partial charge in [0.1, 0.15) is 18.2 Å². The first kappa shape index (κ1) is 25.3. The highest BCUT2D eigenvalue weighted by Crippen LogP contribution is 2.44. The number of fused-ring (bicyclic) bond motifs is 3. The van der Waals surface area contributed by atoms with Crippen LogP contribution in [0.3, 0.4) is 0 Å². The van der Waals surface area contributed by atoms with Crippen molar-refractivity contribution in [2.45, 2.75) is 70.4 Å². The number of nitrogens with one attached hydrogen (secondary N) is 1. The number of rotatable bonds is 10. The summed E-state index contributed by atoms with van der Waals surface area (Å²) in [4.78, 5) is 35.8. The Balaban J connectivity index is 1.46. The lowest BCUT2D eigenvalue weighted by Gasteiger charge is -2.19. The number of unbranched alkanes of at least 4 members (excludes halogenated alkanes) is 2. The average Bonchev–Trinajstić information content (AvgIpc) is 3.09. The molecular weight excluding hydrogens is 434 g/mol. The third-order valence-corrected chi connectivity index (χ3v) is 5.73. The lowest BCUT2D eigenvalue weighted by molar-refractivity contribution is -0.155. The van der Waals surface area contributed by atoms with Crippen molar-refractivity contribution in [3.63, 3.8) is 0 Å². The molecule has 0 spiro atoms. The van der Waals surface area contributed by atoms with E-state index in [1.165, 1.54) is 0 Å². The first-order valence-corrected chi connectivity index (χ1v) is 11.7. The van der Waals surface area contributed by atoms with Gasteiger partial charge in [0.25, 0.3) is 0 Å². The van der Waals surface area contributed by atoms with Crippen molar-refractivity contribution in [3.8, 4) is 11.1 Å². The van der Waals surface area contributed by atoms with Gasteiger partial charge in [0.05, 0.1) is 0 Å². The Kier molecular flexibility index (Phi) is 8.31. The summed E-state index contributed by atoms with van der Waals surface area (Å²) in [6.07, 6.45) is 1.62. The minimum atomic E-state index is -1.11. The van der Waals surface area contributed by atoms with Crippen LogP contribution in [0, 0.1) is 0 Å². The van der Waals surface area contributed by atoms with Crippen LogP contribution < -0.4 is 5.32 Å². The number of hydrogen-bond donors (Lipinski definition) is 2. The Labute approximate surface area is 200 Å². The number of benzene rings is 2. The molecule has 3 rings (SSSR count). The summed E-state index contributed by atoms with van der Waals surface area (Å²) in [6.45, 7) is 5.58. The molecule has 0 fully saturated rings. The van der Waals surface area contributed by atoms with Crippen molar-refractivity contribution in [2.75, 3.05) is 6.61 Å². The summed E-state index contributed by atoms with van der Waals surface area (Å²) in [7, 11) is 0. The van der Waals surface area contributed by atoms with Crippen molar-refractivity contribution in [2.24, 2.45) is 0 Å². The van der Waals surface area contributed by atoms with E-state index in [-0.39, 0.29) is 31.3 Å². The van der Waals surface area contributed by atoms with Crippen LogP contribution in [0.2, 0.25) is 0 Å². The Morgan fingerprint density at radius 3 is 2.09 bits per heavy atom. The SMILES string of the molecule is CC(C)(C)OC(=O)CCCCC[C@@H](NC(=O)OCC1c2ccccc2-c2ccccc21)C(=O)O. The fourth-order valence-corrected chi connectivity index (χ4v) is 4.23. The Morgan fingerprint density at radius 2 is 1.53 bits per heavy atom. The molecule has 34 heavy (non-hydrogen) atoms. The number of aliphatic carboxylic acids is 1. The van der Waals surface area contributed by atoms with E-state index in [9.17, 15) is 19.5 Å². The molecule has 1 amide bonds. The summed E-state index contributed by atoms with van der Waals surface area (Å²) in [5.41, 5.74) is 3.93. The van der Waals surface area contributed by atoms with Crippen molar-refractivity contribution in [1.82, 2.24) is 5.32 Å². The van der Waals surface area contributed by atoms with Gasteiger partial charge in [-0.2, -0.15) is 0 Å². The third-order valence-electron chi connectivity index (χ3n) is 5.73. The third kappa shape index (κ3) is 6.83. The molecule has 0 bridgehead atoms. The molecule has 1 aliphatic carbocycles. The standard InChI is InChI=1S/C27H33NO6/c1-27(2,3)34-24(29)16-6-4-5-15-23(25(30)31)28-26(32)33-17-22-20-13-9-7-11-18(20)19-12-8-10-14-21(19)22/h7-14,22-23H,4-6,15-17H2,1-3H3,(H,28,32)(H,30,31)/t23-/m1/s1. The fraction of sp³-hybridized carbons (Fsp3) is 0.444. The molecule has 182 valence electrons. The number of esters is 1. The molecule has 0 radical (unpaired) electrons. The van der Waals surface area contributed by atoms with E-state index in [1.54, 1.807) is 0 Å². The van der Waals surface area contributed by atoms with Gasteiger partial charge in [0.15, 0.2) is 0 Å². The predicted octanol–water partition coefficient (Wildman–Crippen LogP) is 5.27. The molecule has 7 heteroatoms. The second-order valence-electron chi connectivity index (χ2n) is 9.55. The zero-order chi connectivity index (χ0) is 24.7. The average molecular weight is 468 g/mol. The lowest BCUT2D eigenvalue weighted by atomic mass is 9.98. The smallest absolute Gasteiger partial charge is 0.407 e. The predicted molar refractivity (Wildman–Crippen MR) is 129 cm³/mol. The number of carboxylic acids is 1. The van der Waals surface area contributed by atoms with Crippen molar-refractivity contribution in [3.05, 3.63) is 59.7 Å². The normalized spacial score (nSPS) is 13.5. The second kappa shape index (κ2) is 11.2. The van der Waals surface area contributed by atoms with E-state index in [1.807, 2.05) is 57.2 Å². The summed E-state index contributed by atoms with van der Waals surface area (Å²) < 4.78 is 10.7. The molecule has 0 heterocycles. The number of alkyl carbamates (subject to hydrolysis) is 1. The van der Waals surface area contributed by atoms with Gasteiger partial charge < -0.3 is 19.9 Å². The first-order chi connectivity index (χ1) is 16.2. The topological polar surface area (TPSA) is 102 Å². The number of ether oxygens (including phenoxy) is 2. The van der Waals surface area contributed by atoms with Crippen molar-refractivity contribution < 1.29 is 29.0 Å². The van der Waals surface area contributed by atoms with Gasteiger partial charge in [-0.1, -0.05) is 61.4 Å². The van der Waals surface area contributed by atoms with E-state index in [0.717, 1.165) is 22.3 Å². The fourth-order valence-electron chi connectivity index (χ4n) is 4.23. The van der Waals surface area contributed by atoms with Crippen molar-refractivity contribution in [1.29, 1.82) is 0 Å². The number of amides is 1. The van der Waals surface area contributed by atoms with Gasteiger partial charge >= 0.3 is 18.0 Å². The van der Waals surface area contributed by atoms with Gasteiger partial charge in [0.2, 0.25) is 0 Å². The van der Waals surface area contributed by atoms with Crippen LogP contribution in [0.15, 0.2) is 48.5 Å². The molecule has 2 aromatic carbocycles. The zero-order valence-electron chi connectivity index (χ0n) is 20.0. The zero-order valence-corrected chi connectivity index (χ0v) is 20.0. The maximum Gasteiger partial charge on any atom is 0.407 e. The monoisotopic (exact) mass is 467 g/mol. The highest BCUT2D eigenvalue weighted by molar-refractivity contribution is 5.81. The molecule has 0 aliphatic heterocycles. The van der Waals surface area contributed by atoms with E-state index >= 15 is 0 Å². The molecule has 0 unspecified atom stereocenters. The number of carboxylic acid groups (broad SMARTS) is 1. The highest BCUT2D eigenvalue weighted by Gasteiger charge is 2.29. The van der Waals surface area contributed by atoms with Crippen LogP contribution in [-0.2, 0) is 19.1 Å². The molecule has 0 saturated heterocycles. The van der Waals surface area contributed by atoms with Gasteiger partial charge in [0, 0.05) is 12.3 Å². The quantitative estimate of drug-likeness (QED) is 0.365. The van der Waals surface area contributed by atoms with Crippen LogP contribution in [0.5, 0.6) is 0 Å². The summed E-state index contributed by atoms with van der Waals surface area (Å²) in [6, 6.07) is 15.0. The number of carbonyl (C=O) groups excluding carboxylic acids is 2. The van der Waals surface area contributed by atoms with E-state index in [0.29, 0.717) is 19.3 Å². The van der Waals surface area contributed by atoms with Crippen LogP contribution in [0.1, 0.15) is 69.9 Å². The van der Waals surface area contributed by atoms with Crippen LogP contribution >= 0.6 is 0 Å².